The zero-order valence-electron chi connectivity index (χ0n) is 12.2. The summed E-state index contributed by atoms with van der Waals surface area (Å²) in [7, 11) is 0. The van der Waals surface area contributed by atoms with Crippen LogP contribution in [-0.2, 0) is 9.59 Å². The fourth-order valence-corrected chi connectivity index (χ4v) is 2.79. The minimum atomic E-state index is 0.116. The van der Waals surface area contributed by atoms with Crippen molar-refractivity contribution in [2.75, 3.05) is 13.1 Å². The SMILES string of the molecule is NCC1CCC(C(=O)NCCCC(=O)NC2CC2)CC1. The summed E-state index contributed by atoms with van der Waals surface area (Å²) >= 11 is 0. The quantitative estimate of drug-likeness (QED) is 0.607. The number of hydrogen-bond donors (Lipinski definition) is 3. The molecule has 0 atom stereocenters. The minimum absolute atomic E-state index is 0.116. The van der Waals surface area contributed by atoms with Crippen molar-refractivity contribution in [3.8, 4) is 0 Å². The first-order valence-electron chi connectivity index (χ1n) is 7.96. The predicted octanol–water partition coefficient (Wildman–Crippen LogP) is 0.926. The minimum Gasteiger partial charge on any atom is -0.356 e. The van der Waals surface area contributed by atoms with Gasteiger partial charge in [0.15, 0.2) is 0 Å². The van der Waals surface area contributed by atoms with Crippen LogP contribution in [0, 0.1) is 11.8 Å². The maximum atomic E-state index is 12.0. The molecule has 0 heterocycles. The van der Waals surface area contributed by atoms with Gasteiger partial charge in [-0.15, -0.1) is 0 Å². The molecule has 0 aromatic rings. The number of nitrogens with two attached hydrogens (primary N) is 1. The van der Waals surface area contributed by atoms with Gasteiger partial charge in [-0.2, -0.15) is 0 Å². The summed E-state index contributed by atoms with van der Waals surface area (Å²) in [5, 5.41) is 5.91. The number of amides is 2. The van der Waals surface area contributed by atoms with Crippen LogP contribution in [0.3, 0.4) is 0 Å². The van der Waals surface area contributed by atoms with Crippen LogP contribution in [0.4, 0.5) is 0 Å². The van der Waals surface area contributed by atoms with E-state index in [1.807, 2.05) is 0 Å². The lowest BCUT2D eigenvalue weighted by molar-refractivity contribution is -0.126. The molecule has 0 aromatic heterocycles. The predicted molar refractivity (Wildman–Crippen MR) is 77.9 cm³/mol. The van der Waals surface area contributed by atoms with Gasteiger partial charge in [0.1, 0.15) is 0 Å². The van der Waals surface area contributed by atoms with E-state index in [9.17, 15) is 9.59 Å². The third-order valence-corrected chi connectivity index (χ3v) is 4.37. The average molecular weight is 281 g/mol. The molecule has 4 N–H and O–H groups in total. The van der Waals surface area contributed by atoms with Gasteiger partial charge in [0.25, 0.3) is 0 Å². The van der Waals surface area contributed by atoms with Crippen LogP contribution >= 0.6 is 0 Å². The van der Waals surface area contributed by atoms with Gasteiger partial charge in [-0.1, -0.05) is 0 Å². The van der Waals surface area contributed by atoms with E-state index < -0.39 is 0 Å². The molecule has 0 aliphatic heterocycles. The summed E-state index contributed by atoms with van der Waals surface area (Å²) in [5.41, 5.74) is 5.65. The molecule has 0 saturated heterocycles. The first-order chi connectivity index (χ1) is 9.69. The molecule has 0 aromatic carbocycles. The molecule has 0 bridgehead atoms. The van der Waals surface area contributed by atoms with E-state index in [2.05, 4.69) is 10.6 Å². The van der Waals surface area contributed by atoms with Crippen LogP contribution in [0.1, 0.15) is 51.4 Å². The maximum Gasteiger partial charge on any atom is 0.223 e. The highest BCUT2D eigenvalue weighted by Gasteiger charge is 2.25. The van der Waals surface area contributed by atoms with E-state index >= 15 is 0 Å². The summed E-state index contributed by atoms with van der Waals surface area (Å²) in [6.45, 7) is 1.35. The second-order valence-electron chi connectivity index (χ2n) is 6.19. The van der Waals surface area contributed by atoms with Crippen molar-refractivity contribution < 1.29 is 9.59 Å². The number of carbonyl (C=O) groups excluding carboxylic acids is 2. The molecule has 0 spiro atoms. The van der Waals surface area contributed by atoms with Gasteiger partial charge >= 0.3 is 0 Å². The maximum absolute atomic E-state index is 12.0. The molecule has 0 radical (unpaired) electrons. The van der Waals surface area contributed by atoms with Crippen LogP contribution in [0.5, 0.6) is 0 Å². The van der Waals surface area contributed by atoms with Crippen LogP contribution in [0.15, 0.2) is 0 Å². The van der Waals surface area contributed by atoms with Gasteiger partial charge in [0, 0.05) is 24.9 Å². The zero-order valence-corrected chi connectivity index (χ0v) is 12.2. The molecule has 2 rings (SSSR count). The van der Waals surface area contributed by atoms with Gasteiger partial charge in [0.05, 0.1) is 0 Å². The second kappa shape index (κ2) is 7.62. The van der Waals surface area contributed by atoms with E-state index in [1.165, 1.54) is 0 Å². The highest BCUT2D eigenvalue weighted by Crippen LogP contribution is 2.28. The van der Waals surface area contributed by atoms with Crippen molar-refractivity contribution in [3.05, 3.63) is 0 Å². The van der Waals surface area contributed by atoms with Gasteiger partial charge in [-0.05, 0) is 57.4 Å². The summed E-state index contributed by atoms with van der Waals surface area (Å²) < 4.78 is 0. The highest BCUT2D eigenvalue weighted by molar-refractivity contribution is 5.79. The Hall–Kier alpha value is -1.10. The Labute approximate surface area is 121 Å². The van der Waals surface area contributed by atoms with Crippen LogP contribution in [0.2, 0.25) is 0 Å². The fraction of sp³-hybridized carbons (Fsp3) is 0.867. The normalized spacial score (nSPS) is 26.1. The Balaban J connectivity index is 1.52. The van der Waals surface area contributed by atoms with Crippen molar-refractivity contribution in [2.45, 2.75) is 57.4 Å². The van der Waals surface area contributed by atoms with Crippen LogP contribution < -0.4 is 16.4 Å². The summed E-state index contributed by atoms with van der Waals surface area (Å²) in [6, 6.07) is 0.426. The molecule has 5 heteroatoms. The van der Waals surface area contributed by atoms with E-state index in [1.54, 1.807) is 0 Å². The number of hydrogen-bond acceptors (Lipinski definition) is 3. The van der Waals surface area contributed by atoms with Gasteiger partial charge < -0.3 is 16.4 Å². The smallest absolute Gasteiger partial charge is 0.223 e. The lowest BCUT2D eigenvalue weighted by Gasteiger charge is -2.26. The molecule has 2 aliphatic carbocycles. The van der Waals surface area contributed by atoms with Crippen molar-refractivity contribution in [1.29, 1.82) is 0 Å². The number of rotatable bonds is 7. The van der Waals surface area contributed by atoms with E-state index in [4.69, 9.17) is 5.73 Å². The van der Waals surface area contributed by atoms with Crippen molar-refractivity contribution >= 4 is 11.8 Å². The third kappa shape index (κ3) is 5.12. The lowest BCUT2D eigenvalue weighted by atomic mass is 9.81. The monoisotopic (exact) mass is 281 g/mol. The van der Waals surface area contributed by atoms with Crippen LogP contribution in [-0.4, -0.2) is 30.9 Å². The highest BCUT2D eigenvalue weighted by atomic mass is 16.2. The first-order valence-corrected chi connectivity index (χ1v) is 7.96. The fourth-order valence-electron chi connectivity index (χ4n) is 2.79. The van der Waals surface area contributed by atoms with Crippen molar-refractivity contribution in [1.82, 2.24) is 10.6 Å². The first kappa shape index (κ1) is 15.3. The summed E-state index contributed by atoms with van der Waals surface area (Å²) in [5.74, 6) is 1.02. The molecule has 2 saturated carbocycles. The van der Waals surface area contributed by atoms with Gasteiger partial charge in [-0.3, -0.25) is 9.59 Å². The van der Waals surface area contributed by atoms with Crippen LogP contribution in [0.25, 0.3) is 0 Å². The molecular weight excluding hydrogens is 254 g/mol. The Morgan fingerprint density at radius 1 is 1.05 bits per heavy atom. The standard InChI is InChI=1S/C15H27N3O2/c16-10-11-3-5-12(6-4-11)15(20)17-9-1-2-14(19)18-13-7-8-13/h11-13H,1-10,16H2,(H,17,20)(H,18,19). The molecule has 5 nitrogen and oxygen atoms in total. The third-order valence-electron chi connectivity index (χ3n) is 4.37. The second-order valence-corrected chi connectivity index (χ2v) is 6.19. The summed E-state index contributed by atoms with van der Waals surface area (Å²) in [4.78, 5) is 23.5. The number of carbonyl (C=O) groups is 2. The molecule has 114 valence electrons. The van der Waals surface area contributed by atoms with Gasteiger partial charge in [-0.25, -0.2) is 0 Å². The molecule has 20 heavy (non-hydrogen) atoms. The van der Waals surface area contributed by atoms with Gasteiger partial charge in [0.2, 0.25) is 11.8 Å². The average Bonchev–Trinajstić information content (AvgIpc) is 3.27. The Morgan fingerprint density at radius 2 is 1.75 bits per heavy atom. The zero-order chi connectivity index (χ0) is 14.4. The van der Waals surface area contributed by atoms with E-state index in [-0.39, 0.29) is 17.7 Å². The molecule has 2 aliphatic rings. The molecule has 0 unspecified atom stereocenters. The molecular formula is C15H27N3O2. The molecule has 2 fully saturated rings. The largest absolute Gasteiger partial charge is 0.356 e. The summed E-state index contributed by atoms with van der Waals surface area (Å²) in [6.07, 6.45) is 7.52. The Bertz CT molecular complexity index is 334. The Morgan fingerprint density at radius 3 is 2.35 bits per heavy atom. The van der Waals surface area contributed by atoms with Crippen molar-refractivity contribution in [3.63, 3.8) is 0 Å². The van der Waals surface area contributed by atoms with E-state index in [0.717, 1.165) is 51.5 Å². The van der Waals surface area contributed by atoms with E-state index in [0.29, 0.717) is 24.9 Å². The number of nitrogens with one attached hydrogen (secondary N) is 2. The van der Waals surface area contributed by atoms with Crippen molar-refractivity contribution in [2.24, 2.45) is 17.6 Å². The topological polar surface area (TPSA) is 84.2 Å². The lowest BCUT2D eigenvalue weighted by Crippen LogP contribution is -2.35. The Kier molecular flexibility index (Phi) is 5.83. The molecule has 2 amide bonds.